The molecule has 8 heteroatoms. The van der Waals surface area contributed by atoms with Gasteiger partial charge in [0.15, 0.2) is 11.6 Å². The second kappa shape index (κ2) is 6.95. The highest BCUT2D eigenvalue weighted by Gasteiger charge is 2.23. The van der Waals surface area contributed by atoms with E-state index in [1.807, 2.05) is 20.8 Å². The molecule has 4 aromatic heterocycles. The summed E-state index contributed by atoms with van der Waals surface area (Å²) in [5.74, 6) is 0.217. The number of H-pyrrole nitrogens is 1. The Hall–Kier alpha value is -3.42. The van der Waals surface area contributed by atoms with Crippen LogP contribution in [0.4, 0.5) is 0 Å². The van der Waals surface area contributed by atoms with Crippen LogP contribution in [0.1, 0.15) is 47.6 Å². The van der Waals surface area contributed by atoms with Crippen LogP contribution in [-0.4, -0.2) is 40.9 Å². The van der Waals surface area contributed by atoms with E-state index in [0.717, 1.165) is 0 Å². The molecule has 0 fully saturated rings. The smallest absolute Gasteiger partial charge is 0.234 e. The molecule has 0 saturated carbocycles. The molecule has 0 amide bonds. The van der Waals surface area contributed by atoms with Gasteiger partial charge in [-0.1, -0.05) is 20.8 Å². The zero-order valence-electron chi connectivity index (χ0n) is 15.9. The van der Waals surface area contributed by atoms with Gasteiger partial charge in [-0.3, -0.25) is 14.0 Å². The predicted octanol–water partition coefficient (Wildman–Crippen LogP) is 2.90. The van der Waals surface area contributed by atoms with E-state index >= 15 is 0 Å². The van der Waals surface area contributed by atoms with E-state index < -0.39 is 0 Å². The molecule has 1 atom stereocenters. The highest BCUT2D eigenvalue weighted by atomic mass is 16.1. The van der Waals surface area contributed by atoms with E-state index in [9.17, 15) is 9.59 Å². The molecular weight excluding hydrogens is 356 g/mol. The summed E-state index contributed by atoms with van der Waals surface area (Å²) in [6.45, 7) is 5.49. The van der Waals surface area contributed by atoms with Gasteiger partial charge in [-0.25, -0.2) is 19.9 Å². The first-order chi connectivity index (χ1) is 13.4. The summed E-state index contributed by atoms with van der Waals surface area (Å²) in [7, 11) is 0. The number of Topliss-reactive ketones (excluding diaryl/α,β-unsaturated/α-hetero) is 2. The van der Waals surface area contributed by atoms with Gasteiger partial charge in [-0.05, 0) is 12.1 Å². The van der Waals surface area contributed by atoms with Crippen molar-refractivity contribution in [2.45, 2.75) is 27.2 Å². The van der Waals surface area contributed by atoms with Crippen molar-refractivity contribution >= 4 is 28.4 Å². The third-order valence-electron chi connectivity index (χ3n) is 4.64. The van der Waals surface area contributed by atoms with Crippen LogP contribution in [0, 0.1) is 11.8 Å². The topological polar surface area (TPSA) is 106 Å². The number of aromatic nitrogens is 6. The van der Waals surface area contributed by atoms with Crippen LogP contribution in [0.15, 0.2) is 36.9 Å². The molecule has 0 bridgehead atoms. The van der Waals surface area contributed by atoms with Crippen LogP contribution in [0.25, 0.3) is 16.8 Å². The summed E-state index contributed by atoms with van der Waals surface area (Å²) in [4.78, 5) is 45.8. The zero-order valence-corrected chi connectivity index (χ0v) is 15.9. The molecule has 0 saturated heterocycles. The number of fused-ring (bicyclic) bond motifs is 2. The van der Waals surface area contributed by atoms with E-state index in [0.29, 0.717) is 40.4 Å². The molecule has 1 unspecified atom stereocenters. The summed E-state index contributed by atoms with van der Waals surface area (Å²) in [6.07, 6.45) is 7.14. The summed E-state index contributed by atoms with van der Waals surface area (Å²) in [5.41, 5.74) is 1.35. The first-order valence-corrected chi connectivity index (χ1v) is 9.16. The maximum absolute atomic E-state index is 12.8. The lowest BCUT2D eigenvalue weighted by Crippen LogP contribution is -2.18. The lowest BCUT2D eigenvalue weighted by Gasteiger charge is -2.10. The number of nitrogens with zero attached hydrogens (tertiary/aromatic N) is 5. The van der Waals surface area contributed by atoms with Crippen LogP contribution in [0.5, 0.6) is 0 Å². The standard InChI is InChI=1S/C20H20N6O2/c1-11(2)17(27)16-13-5-7-21-19(13)25-15(24-16)9-12(3)18(28)14-10-26-8-4-6-22-20(26)23-14/h4-8,10-12H,9H2,1-3H3,(H,21,24,25). The summed E-state index contributed by atoms with van der Waals surface area (Å²) in [6, 6.07) is 3.58. The summed E-state index contributed by atoms with van der Waals surface area (Å²) >= 11 is 0. The largest absolute Gasteiger partial charge is 0.346 e. The van der Waals surface area contributed by atoms with Gasteiger partial charge in [0.05, 0.1) is 0 Å². The Morgan fingerprint density at radius 1 is 1.14 bits per heavy atom. The fraction of sp³-hybridized carbons (Fsp3) is 0.300. The number of rotatable bonds is 6. The van der Waals surface area contributed by atoms with Crippen molar-refractivity contribution in [1.29, 1.82) is 0 Å². The van der Waals surface area contributed by atoms with Crippen molar-refractivity contribution in [3.63, 3.8) is 0 Å². The van der Waals surface area contributed by atoms with E-state index in [1.165, 1.54) is 0 Å². The van der Waals surface area contributed by atoms with Gasteiger partial charge < -0.3 is 4.98 Å². The number of nitrogens with one attached hydrogen (secondary N) is 1. The van der Waals surface area contributed by atoms with E-state index in [2.05, 4.69) is 24.9 Å². The van der Waals surface area contributed by atoms with E-state index in [-0.39, 0.29) is 23.4 Å². The second-order valence-corrected chi connectivity index (χ2v) is 7.17. The van der Waals surface area contributed by atoms with Crippen molar-refractivity contribution < 1.29 is 9.59 Å². The van der Waals surface area contributed by atoms with Gasteiger partial charge in [-0.15, -0.1) is 0 Å². The SMILES string of the molecule is CC(C)C(=O)c1nc(CC(C)C(=O)c2cn3cccnc3n2)nc2[nH]ccc12. The van der Waals surface area contributed by atoms with Gasteiger partial charge in [0.25, 0.3) is 0 Å². The number of imidazole rings is 1. The fourth-order valence-corrected chi connectivity index (χ4v) is 3.11. The quantitative estimate of drug-likeness (QED) is 0.519. The third kappa shape index (κ3) is 3.17. The normalized spacial score (nSPS) is 12.7. The van der Waals surface area contributed by atoms with Crippen LogP contribution >= 0.6 is 0 Å². The van der Waals surface area contributed by atoms with Crippen molar-refractivity contribution in [3.05, 3.63) is 54.1 Å². The Morgan fingerprint density at radius 2 is 1.96 bits per heavy atom. The summed E-state index contributed by atoms with van der Waals surface area (Å²) < 4.78 is 1.71. The van der Waals surface area contributed by atoms with Gasteiger partial charge in [-0.2, -0.15) is 0 Å². The molecule has 28 heavy (non-hydrogen) atoms. The van der Waals surface area contributed by atoms with Crippen molar-refractivity contribution in [3.8, 4) is 0 Å². The molecule has 142 valence electrons. The van der Waals surface area contributed by atoms with Crippen LogP contribution in [0.2, 0.25) is 0 Å². The molecule has 0 aromatic carbocycles. The number of aromatic amines is 1. The Kier molecular flexibility index (Phi) is 4.46. The molecule has 0 spiro atoms. The number of hydrogen-bond acceptors (Lipinski definition) is 6. The first kappa shape index (κ1) is 18.0. The van der Waals surface area contributed by atoms with Gasteiger partial charge in [0.2, 0.25) is 5.78 Å². The fourth-order valence-electron chi connectivity index (χ4n) is 3.11. The molecule has 4 rings (SSSR count). The lowest BCUT2D eigenvalue weighted by molar-refractivity contribution is 0.0923. The van der Waals surface area contributed by atoms with Crippen molar-refractivity contribution in [2.24, 2.45) is 11.8 Å². The Bertz CT molecular complexity index is 1160. The minimum Gasteiger partial charge on any atom is -0.346 e. The molecule has 1 N–H and O–H groups in total. The van der Waals surface area contributed by atoms with Gasteiger partial charge in [0, 0.05) is 48.4 Å². The number of carbonyl (C=O) groups is 2. The van der Waals surface area contributed by atoms with Gasteiger partial charge >= 0.3 is 0 Å². The average Bonchev–Trinajstić information content (AvgIpc) is 3.32. The second-order valence-electron chi connectivity index (χ2n) is 7.17. The molecule has 0 aliphatic rings. The predicted molar refractivity (Wildman–Crippen MR) is 103 cm³/mol. The van der Waals surface area contributed by atoms with E-state index in [4.69, 9.17) is 0 Å². The Morgan fingerprint density at radius 3 is 2.71 bits per heavy atom. The molecule has 4 heterocycles. The number of carbonyl (C=O) groups excluding carboxylic acids is 2. The molecular formula is C20H20N6O2. The molecule has 0 aliphatic carbocycles. The van der Waals surface area contributed by atoms with Crippen LogP contribution in [0.3, 0.4) is 0 Å². The molecule has 0 radical (unpaired) electrons. The van der Waals surface area contributed by atoms with Crippen molar-refractivity contribution in [1.82, 2.24) is 29.3 Å². The molecule has 8 nitrogen and oxygen atoms in total. The third-order valence-corrected chi connectivity index (χ3v) is 4.64. The zero-order chi connectivity index (χ0) is 19.8. The Balaban J connectivity index is 1.63. The van der Waals surface area contributed by atoms with E-state index in [1.54, 1.807) is 41.3 Å². The average molecular weight is 376 g/mol. The first-order valence-electron chi connectivity index (χ1n) is 9.16. The van der Waals surface area contributed by atoms with Crippen molar-refractivity contribution in [2.75, 3.05) is 0 Å². The molecule has 0 aliphatic heterocycles. The minimum atomic E-state index is -0.390. The number of ketones is 2. The number of hydrogen-bond donors (Lipinski definition) is 1. The highest BCUT2D eigenvalue weighted by molar-refractivity contribution is 6.05. The monoisotopic (exact) mass is 376 g/mol. The van der Waals surface area contributed by atoms with Crippen LogP contribution < -0.4 is 0 Å². The summed E-state index contributed by atoms with van der Waals surface area (Å²) in [5, 5.41) is 0.702. The minimum absolute atomic E-state index is 0.0429. The lowest BCUT2D eigenvalue weighted by atomic mass is 9.99. The maximum Gasteiger partial charge on any atom is 0.234 e. The Labute approximate surface area is 161 Å². The van der Waals surface area contributed by atoms with Gasteiger partial charge in [0.1, 0.15) is 22.9 Å². The molecule has 4 aromatic rings. The highest BCUT2D eigenvalue weighted by Crippen LogP contribution is 2.20. The van der Waals surface area contributed by atoms with Crippen LogP contribution in [-0.2, 0) is 6.42 Å². The maximum atomic E-state index is 12.8.